The lowest BCUT2D eigenvalue weighted by Gasteiger charge is -2.13. The molecule has 0 bridgehead atoms. The first-order valence-electron chi connectivity index (χ1n) is 4.01. The van der Waals surface area contributed by atoms with Gasteiger partial charge in [-0.2, -0.15) is 0 Å². The molecule has 0 aromatic heterocycles. The predicted octanol–water partition coefficient (Wildman–Crippen LogP) is 0.627. The number of hydrogen-bond donors (Lipinski definition) is 1. The van der Waals surface area contributed by atoms with E-state index < -0.39 is 0 Å². The first-order chi connectivity index (χ1) is 5.18. The summed E-state index contributed by atoms with van der Waals surface area (Å²) in [6.07, 6.45) is 2.82. The second-order valence-electron chi connectivity index (χ2n) is 2.72. The molecule has 0 atom stereocenters. The first kappa shape index (κ1) is 10.4. The Hall–Kier alpha value is -0.570. The maximum Gasteiger partial charge on any atom is 0.219 e. The van der Waals surface area contributed by atoms with Gasteiger partial charge in [0.1, 0.15) is 0 Å². The molecule has 0 aliphatic carbocycles. The van der Waals surface area contributed by atoms with E-state index in [1.807, 2.05) is 0 Å². The third-order valence-electron chi connectivity index (χ3n) is 1.69. The van der Waals surface area contributed by atoms with Crippen LogP contribution in [0.2, 0.25) is 0 Å². The molecule has 3 heteroatoms. The van der Waals surface area contributed by atoms with Gasteiger partial charge in [-0.3, -0.25) is 4.79 Å². The fourth-order valence-electron chi connectivity index (χ4n) is 0.795. The van der Waals surface area contributed by atoms with Gasteiger partial charge in [0, 0.05) is 27.1 Å². The number of unbranched alkanes of at least 4 members (excludes halogenated alkanes) is 2. The van der Waals surface area contributed by atoms with Crippen LogP contribution in [-0.2, 0) is 4.79 Å². The molecule has 0 saturated carbocycles. The maximum atomic E-state index is 10.7. The molecule has 0 aliphatic heterocycles. The molecule has 0 aromatic carbocycles. The Balaban J connectivity index is 3.17. The largest absolute Gasteiger partial charge is 0.396 e. The number of aliphatic hydroxyl groups excluding tert-OH is 1. The van der Waals surface area contributed by atoms with Crippen molar-refractivity contribution in [2.24, 2.45) is 0 Å². The zero-order chi connectivity index (χ0) is 8.69. The monoisotopic (exact) mass is 159 g/mol. The van der Waals surface area contributed by atoms with E-state index in [2.05, 4.69) is 0 Å². The second-order valence-corrected chi connectivity index (χ2v) is 2.72. The Morgan fingerprint density at radius 1 is 1.36 bits per heavy atom. The zero-order valence-electron chi connectivity index (χ0n) is 7.34. The van der Waals surface area contributed by atoms with Crippen molar-refractivity contribution in [1.29, 1.82) is 0 Å². The lowest BCUT2D eigenvalue weighted by molar-refractivity contribution is -0.127. The standard InChI is InChI=1S/C8H17NO2/c1-8(11)9(2)6-4-3-5-7-10/h10H,3-7H2,1-2H3. The molecule has 0 fully saturated rings. The van der Waals surface area contributed by atoms with Crippen LogP contribution in [0, 0.1) is 0 Å². The van der Waals surface area contributed by atoms with E-state index in [9.17, 15) is 4.79 Å². The van der Waals surface area contributed by atoms with Crippen LogP contribution in [0.1, 0.15) is 26.2 Å². The van der Waals surface area contributed by atoms with Crippen LogP contribution in [0.5, 0.6) is 0 Å². The number of nitrogens with zero attached hydrogens (tertiary/aromatic N) is 1. The molecule has 0 aliphatic rings. The van der Waals surface area contributed by atoms with Gasteiger partial charge in [0.15, 0.2) is 0 Å². The van der Waals surface area contributed by atoms with Gasteiger partial charge in [0.05, 0.1) is 0 Å². The van der Waals surface area contributed by atoms with Gasteiger partial charge >= 0.3 is 0 Å². The van der Waals surface area contributed by atoms with Crippen LogP contribution in [0.3, 0.4) is 0 Å². The molecule has 0 unspecified atom stereocenters. The molecule has 1 amide bonds. The Labute approximate surface area is 68.0 Å². The van der Waals surface area contributed by atoms with Crippen LogP contribution in [0.25, 0.3) is 0 Å². The third-order valence-corrected chi connectivity index (χ3v) is 1.69. The van der Waals surface area contributed by atoms with Gasteiger partial charge in [-0.15, -0.1) is 0 Å². The lowest BCUT2D eigenvalue weighted by atomic mass is 10.2. The Morgan fingerprint density at radius 3 is 2.45 bits per heavy atom. The van der Waals surface area contributed by atoms with Gasteiger partial charge in [0.25, 0.3) is 0 Å². The molecule has 1 N–H and O–H groups in total. The SMILES string of the molecule is CC(=O)N(C)CCCCCO. The van der Waals surface area contributed by atoms with E-state index in [-0.39, 0.29) is 12.5 Å². The van der Waals surface area contributed by atoms with Gasteiger partial charge in [-0.05, 0) is 19.3 Å². The third kappa shape index (κ3) is 5.85. The summed E-state index contributed by atoms with van der Waals surface area (Å²) in [4.78, 5) is 12.4. The van der Waals surface area contributed by atoms with Crippen LogP contribution >= 0.6 is 0 Å². The summed E-state index contributed by atoms with van der Waals surface area (Å²) >= 11 is 0. The number of carbonyl (C=O) groups excluding carboxylic acids is 1. The molecular weight excluding hydrogens is 142 g/mol. The average molecular weight is 159 g/mol. The molecular formula is C8H17NO2. The summed E-state index contributed by atoms with van der Waals surface area (Å²) in [6, 6.07) is 0. The fraction of sp³-hybridized carbons (Fsp3) is 0.875. The van der Waals surface area contributed by atoms with Crippen molar-refractivity contribution in [2.45, 2.75) is 26.2 Å². The molecule has 0 radical (unpaired) electrons. The highest BCUT2D eigenvalue weighted by atomic mass is 16.2. The number of rotatable bonds is 5. The van der Waals surface area contributed by atoms with E-state index >= 15 is 0 Å². The molecule has 0 rings (SSSR count). The summed E-state index contributed by atoms with van der Waals surface area (Å²) in [6.45, 7) is 2.62. The number of aliphatic hydroxyl groups is 1. The van der Waals surface area contributed by atoms with Crippen LogP contribution in [0.4, 0.5) is 0 Å². The molecule has 0 heterocycles. The molecule has 66 valence electrons. The Kier molecular flexibility index (Phi) is 5.84. The normalized spacial score (nSPS) is 9.73. The summed E-state index contributed by atoms with van der Waals surface area (Å²) in [7, 11) is 1.79. The number of carbonyl (C=O) groups is 1. The average Bonchev–Trinajstić information content (AvgIpc) is 1.97. The lowest BCUT2D eigenvalue weighted by Crippen LogP contribution is -2.24. The number of hydrogen-bond acceptors (Lipinski definition) is 2. The van der Waals surface area contributed by atoms with Gasteiger partial charge in [-0.1, -0.05) is 0 Å². The Morgan fingerprint density at radius 2 is 2.00 bits per heavy atom. The molecule has 0 saturated heterocycles. The molecule has 11 heavy (non-hydrogen) atoms. The van der Waals surface area contributed by atoms with Crippen molar-refractivity contribution in [3.05, 3.63) is 0 Å². The minimum Gasteiger partial charge on any atom is -0.396 e. The van der Waals surface area contributed by atoms with Crippen molar-refractivity contribution in [3.8, 4) is 0 Å². The highest BCUT2D eigenvalue weighted by Gasteiger charge is 1.99. The van der Waals surface area contributed by atoms with Crippen LogP contribution in [0.15, 0.2) is 0 Å². The van der Waals surface area contributed by atoms with Crippen molar-refractivity contribution >= 4 is 5.91 Å². The van der Waals surface area contributed by atoms with Crippen molar-refractivity contribution < 1.29 is 9.90 Å². The molecule has 3 nitrogen and oxygen atoms in total. The van der Waals surface area contributed by atoms with E-state index in [4.69, 9.17) is 5.11 Å². The summed E-state index contributed by atoms with van der Waals surface area (Å²) in [5.74, 6) is 0.106. The van der Waals surface area contributed by atoms with Crippen molar-refractivity contribution in [3.63, 3.8) is 0 Å². The second kappa shape index (κ2) is 6.16. The van der Waals surface area contributed by atoms with E-state index in [0.29, 0.717) is 0 Å². The maximum absolute atomic E-state index is 10.7. The van der Waals surface area contributed by atoms with Crippen molar-refractivity contribution in [2.75, 3.05) is 20.2 Å². The zero-order valence-corrected chi connectivity index (χ0v) is 7.34. The summed E-state index contributed by atoms with van der Waals surface area (Å²) in [5, 5.41) is 8.46. The van der Waals surface area contributed by atoms with E-state index in [1.54, 1.807) is 18.9 Å². The smallest absolute Gasteiger partial charge is 0.219 e. The quantitative estimate of drug-likeness (QED) is 0.598. The fourth-order valence-corrected chi connectivity index (χ4v) is 0.795. The number of amides is 1. The minimum atomic E-state index is 0.106. The highest BCUT2D eigenvalue weighted by molar-refractivity contribution is 5.72. The molecule has 0 spiro atoms. The van der Waals surface area contributed by atoms with Gasteiger partial charge in [-0.25, -0.2) is 0 Å². The summed E-state index contributed by atoms with van der Waals surface area (Å²) in [5.41, 5.74) is 0. The summed E-state index contributed by atoms with van der Waals surface area (Å²) < 4.78 is 0. The highest BCUT2D eigenvalue weighted by Crippen LogP contribution is 1.96. The van der Waals surface area contributed by atoms with Gasteiger partial charge < -0.3 is 10.0 Å². The van der Waals surface area contributed by atoms with Gasteiger partial charge in [0.2, 0.25) is 5.91 Å². The topological polar surface area (TPSA) is 40.5 Å². The minimum absolute atomic E-state index is 0.106. The first-order valence-corrected chi connectivity index (χ1v) is 4.01. The van der Waals surface area contributed by atoms with Crippen LogP contribution in [-0.4, -0.2) is 36.1 Å². The predicted molar refractivity (Wildman–Crippen MR) is 44.2 cm³/mol. The molecule has 0 aromatic rings. The van der Waals surface area contributed by atoms with E-state index in [0.717, 1.165) is 25.8 Å². The van der Waals surface area contributed by atoms with Crippen LogP contribution < -0.4 is 0 Å². The van der Waals surface area contributed by atoms with E-state index in [1.165, 1.54) is 0 Å². The van der Waals surface area contributed by atoms with Crippen molar-refractivity contribution in [1.82, 2.24) is 4.90 Å². The Bertz CT molecular complexity index is 115.